The van der Waals surface area contributed by atoms with Crippen LogP contribution in [0.15, 0.2) is 133 Å². The second kappa shape index (κ2) is 19.8. The molecule has 0 radical (unpaired) electrons. The Labute approximate surface area is 385 Å². The van der Waals surface area contributed by atoms with Gasteiger partial charge in [0.05, 0.1) is 29.9 Å². The lowest BCUT2D eigenvalue weighted by Crippen LogP contribution is -2.70. The number of allylic oxidation sites excluding steroid dienone is 1. The van der Waals surface area contributed by atoms with Crippen molar-refractivity contribution in [2.45, 2.75) is 69.2 Å². The second-order valence-corrected chi connectivity index (χ2v) is 17.4. The van der Waals surface area contributed by atoms with Crippen LogP contribution in [-0.2, 0) is 16.1 Å². The van der Waals surface area contributed by atoms with Crippen LogP contribution in [0.4, 0.5) is 0 Å². The van der Waals surface area contributed by atoms with Gasteiger partial charge < -0.3 is 43.6 Å². The van der Waals surface area contributed by atoms with Crippen molar-refractivity contribution in [2.75, 3.05) is 33.7 Å². The predicted molar refractivity (Wildman–Crippen MR) is 250 cm³/mol. The van der Waals surface area contributed by atoms with Crippen molar-refractivity contribution in [1.82, 2.24) is 4.90 Å². The van der Waals surface area contributed by atoms with Crippen LogP contribution in [-0.4, -0.2) is 72.3 Å². The highest BCUT2D eigenvalue weighted by Gasteiger charge is 2.65. The number of carbonyl (C=O) groups excluding carboxylic acids is 1. The largest absolute Gasteiger partial charge is 0.459 e. The number of hydrogen-bond acceptors (Lipinski definition) is 11. The number of carbonyl (C=O) groups is 1. The molecule has 6 atom stereocenters. The number of nitriles is 1. The summed E-state index contributed by atoms with van der Waals surface area (Å²) < 4.78 is 32.8. The van der Waals surface area contributed by atoms with Crippen LogP contribution in [0.25, 0.3) is 10.8 Å². The van der Waals surface area contributed by atoms with Crippen molar-refractivity contribution in [1.29, 1.82) is 5.26 Å². The number of aliphatic hydroxyl groups excluding tert-OH is 2. The van der Waals surface area contributed by atoms with Crippen LogP contribution >= 0.6 is 0 Å². The minimum Gasteiger partial charge on any atom is -0.459 e. The maximum absolute atomic E-state index is 15.4. The number of rotatable bonds is 18. The molecule has 1 saturated carbocycles. The quantitative estimate of drug-likeness (QED) is 0.0494. The number of hydrogen-bond donors (Lipinski definition) is 2. The molecular weight excluding hydrogens is 835 g/mol. The zero-order valence-corrected chi connectivity index (χ0v) is 37.1. The summed E-state index contributed by atoms with van der Waals surface area (Å²) in [5.41, 5.74) is 4.16. The van der Waals surface area contributed by atoms with E-state index in [1.807, 2.05) is 54.6 Å². The molecule has 5 aromatic carbocycles. The summed E-state index contributed by atoms with van der Waals surface area (Å²) in [5.74, 6) is 0.689. The van der Waals surface area contributed by atoms with Crippen LogP contribution in [0.1, 0.15) is 77.9 Å². The number of ether oxygens (including phenoxy) is 5. The number of benzene rings is 5. The lowest BCUT2D eigenvalue weighted by molar-refractivity contribution is -0.255. The summed E-state index contributed by atoms with van der Waals surface area (Å²) in [7, 11) is 1.53. The van der Waals surface area contributed by atoms with Gasteiger partial charge in [-0.2, -0.15) is 5.26 Å². The van der Waals surface area contributed by atoms with E-state index < -0.39 is 17.7 Å². The van der Waals surface area contributed by atoms with Crippen molar-refractivity contribution < 1.29 is 43.5 Å². The lowest BCUT2D eigenvalue weighted by atomic mass is 9.55. The Kier molecular flexibility index (Phi) is 13.4. The molecule has 4 aliphatic rings. The maximum atomic E-state index is 15.4. The molecule has 5 aromatic rings. The van der Waals surface area contributed by atoms with Gasteiger partial charge in [0.1, 0.15) is 30.4 Å². The van der Waals surface area contributed by atoms with Crippen molar-refractivity contribution in [3.05, 3.63) is 150 Å². The summed E-state index contributed by atoms with van der Waals surface area (Å²) in [6, 6.07) is 33.9. The molecule has 0 unspecified atom stereocenters. The molecule has 1 fully saturated rings. The van der Waals surface area contributed by atoms with Gasteiger partial charge in [-0.05, 0) is 126 Å². The Hall–Kier alpha value is -6.65. The molecule has 0 saturated heterocycles. The van der Waals surface area contributed by atoms with E-state index in [0.717, 1.165) is 53.2 Å². The summed E-state index contributed by atoms with van der Waals surface area (Å²) >= 11 is 0. The van der Waals surface area contributed by atoms with Gasteiger partial charge in [0, 0.05) is 43.2 Å². The number of nitrogens with zero attached hydrogens (tertiary/aromatic N) is 3. The van der Waals surface area contributed by atoms with Gasteiger partial charge in [0.2, 0.25) is 12.6 Å². The summed E-state index contributed by atoms with van der Waals surface area (Å²) in [5, 5.41) is 36.6. The molecular formula is C54H55N3O9. The summed E-state index contributed by atoms with van der Waals surface area (Å²) in [6.07, 6.45) is 8.73. The van der Waals surface area contributed by atoms with Crippen molar-refractivity contribution in [2.24, 2.45) is 22.9 Å². The molecule has 12 nitrogen and oxygen atoms in total. The first-order valence-electron chi connectivity index (χ1n) is 22.9. The molecule has 2 aliphatic carbocycles. The van der Waals surface area contributed by atoms with Crippen molar-refractivity contribution in [3.63, 3.8) is 0 Å². The van der Waals surface area contributed by atoms with E-state index in [1.54, 1.807) is 35.2 Å². The molecule has 9 rings (SSSR count). The number of unbranched alkanes of at least 4 members (excludes halogenated alkanes) is 2. The van der Waals surface area contributed by atoms with E-state index in [1.165, 1.54) is 7.11 Å². The van der Waals surface area contributed by atoms with Crippen LogP contribution in [0.2, 0.25) is 0 Å². The van der Waals surface area contributed by atoms with E-state index in [9.17, 15) is 15.5 Å². The van der Waals surface area contributed by atoms with E-state index in [4.69, 9.17) is 33.7 Å². The minimum absolute atomic E-state index is 0.0216. The first-order chi connectivity index (χ1) is 32.4. The highest BCUT2D eigenvalue weighted by Crippen LogP contribution is 2.62. The molecule has 0 aromatic heterocycles. The Morgan fingerprint density at radius 3 is 2.41 bits per heavy atom. The third-order valence-corrected chi connectivity index (χ3v) is 13.5. The van der Waals surface area contributed by atoms with Crippen LogP contribution in [0, 0.1) is 29.1 Å². The fourth-order valence-electron chi connectivity index (χ4n) is 10.6. The van der Waals surface area contributed by atoms with Crippen molar-refractivity contribution in [3.8, 4) is 34.8 Å². The van der Waals surface area contributed by atoms with E-state index >= 15 is 4.79 Å². The molecule has 66 heavy (non-hydrogen) atoms. The van der Waals surface area contributed by atoms with Gasteiger partial charge in [-0.1, -0.05) is 66.5 Å². The van der Waals surface area contributed by atoms with Gasteiger partial charge in [0.25, 0.3) is 5.91 Å². The van der Waals surface area contributed by atoms with E-state index in [-0.39, 0.29) is 63.2 Å². The Bertz CT molecular complexity index is 2670. The molecule has 0 bridgehead atoms. The average molecular weight is 890 g/mol. The van der Waals surface area contributed by atoms with E-state index in [0.29, 0.717) is 58.4 Å². The number of aliphatic hydroxyl groups is 2. The minimum atomic E-state index is -1.49. The van der Waals surface area contributed by atoms with Gasteiger partial charge in [-0.15, -0.1) is 6.58 Å². The molecule has 340 valence electrons. The Balaban J connectivity index is 1.24. The van der Waals surface area contributed by atoms with Crippen LogP contribution < -0.4 is 18.9 Å². The zero-order chi connectivity index (χ0) is 45.6. The third-order valence-electron chi connectivity index (χ3n) is 13.5. The molecule has 2 aliphatic heterocycles. The lowest BCUT2D eigenvalue weighted by Gasteiger charge is -2.60. The highest BCUT2D eigenvalue weighted by atomic mass is 16.7. The molecule has 2 N–H and O–H groups in total. The summed E-state index contributed by atoms with van der Waals surface area (Å²) in [6.45, 7) is 4.59. The topological polar surface area (TPSA) is 152 Å². The normalized spacial score (nSPS) is 22.9. The van der Waals surface area contributed by atoms with Crippen molar-refractivity contribution >= 4 is 22.4 Å². The highest BCUT2D eigenvalue weighted by molar-refractivity contribution is 6.03. The molecule has 0 spiro atoms. The third kappa shape index (κ3) is 8.74. The molecule has 2 heterocycles. The standard InChI is InChI=1S/C54H55N3O9/c1-3-26-64-54-50(57(53(60)38-17-14-35(32-55)15-18-38)33-36-16-22-48-49(27-36)63-34-62-48)31-46(56-61-2)44-29-40(12-6-8-24-58)43(13-7-9-25-59)51(52(44)54)45-30-42(21-23-47(45)66-54)65-41-20-19-37-10-4-5-11-39(37)28-41/h3-5,10-11,14-23,27-30,40,43,50-52,58-59H,1,6-9,12-13,24-26,31,33-34H2,2H3/t40-,43+,50-,51+,52+,54+/m0/s1. The second-order valence-electron chi connectivity index (χ2n) is 17.4. The predicted octanol–water partition coefficient (Wildman–Crippen LogP) is 9.84. The summed E-state index contributed by atoms with van der Waals surface area (Å²) in [4.78, 5) is 22.8. The first-order valence-corrected chi connectivity index (χ1v) is 22.9. The smallest absolute Gasteiger partial charge is 0.254 e. The van der Waals surface area contributed by atoms with Crippen LogP contribution in [0.3, 0.4) is 0 Å². The fraction of sp³-hybridized carbons (Fsp3) is 0.352. The number of fused-ring (bicyclic) bond motifs is 4. The molecule has 12 heteroatoms. The number of amides is 1. The monoisotopic (exact) mass is 889 g/mol. The maximum Gasteiger partial charge on any atom is 0.254 e. The molecule has 1 amide bonds. The van der Waals surface area contributed by atoms with Gasteiger partial charge in [-0.3, -0.25) is 4.79 Å². The Morgan fingerprint density at radius 2 is 1.64 bits per heavy atom. The van der Waals surface area contributed by atoms with Gasteiger partial charge >= 0.3 is 0 Å². The average Bonchev–Trinajstić information content (AvgIpc) is 3.82. The SMILES string of the molecule is C=CCO[C@@]12Oc3ccc(Oc4ccc5ccccc5c4)cc3[C@H]3[C@H](CCCCO)[C@@H](CCCCO)C=C(C(=NOC)C[C@@H]1N(Cc1ccc4c(c1)OCO4)C(=O)c1ccc(C#N)cc1)[C@H]32. The van der Waals surface area contributed by atoms with E-state index in [2.05, 4.69) is 43.0 Å². The zero-order valence-electron chi connectivity index (χ0n) is 37.1. The van der Waals surface area contributed by atoms with Gasteiger partial charge in [0.15, 0.2) is 11.5 Å². The first kappa shape index (κ1) is 44.5. The Morgan fingerprint density at radius 1 is 0.894 bits per heavy atom. The number of oxime groups is 1. The van der Waals surface area contributed by atoms with Crippen LogP contribution in [0.5, 0.6) is 28.7 Å². The van der Waals surface area contributed by atoms with Gasteiger partial charge in [-0.25, -0.2) is 0 Å². The fourth-order valence-corrected chi connectivity index (χ4v) is 10.6.